The van der Waals surface area contributed by atoms with Crippen molar-refractivity contribution < 1.29 is 9.59 Å². The predicted molar refractivity (Wildman–Crippen MR) is 193 cm³/mol. The highest BCUT2D eigenvalue weighted by Gasteiger charge is 2.38. The van der Waals surface area contributed by atoms with Crippen LogP contribution >= 0.6 is 45.3 Å². The molecule has 1 aliphatic rings. The van der Waals surface area contributed by atoms with Gasteiger partial charge in [0.1, 0.15) is 0 Å². The molecule has 0 spiro atoms. The Balaban J connectivity index is 1.34. The summed E-state index contributed by atoms with van der Waals surface area (Å²) >= 11 is 7.03. The predicted octanol–water partition coefficient (Wildman–Crippen LogP) is 11.5. The summed E-state index contributed by atoms with van der Waals surface area (Å²) in [6.45, 7) is 17.7. The first-order chi connectivity index (χ1) is 20.6. The molecule has 3 nitrogen and oxygen atoms in total. The van der Waals surface area contributed by atoms with Crippen molar-refractivity contribution in [1.82, 2.24) is 4.90 Å². The largest absolute Gasteiger partial charge is 0.277 e. The van der Waals surface area contributed by atoms with Gasteiger partial charge < -0.3 is 0 Å². The van der Waals surface area contributed by atoms with E-state index in [0.717, 1.165) is 25.8 Å². The van der Waals surface area contributed by atoms with Crippen LogP contribution in [0.5, 0.6) is 0 Å². The van der Waals surface area contributed by atoms with Crippen LogP contribution in [0.25, 0.3) is 42.8 Å². The molecular formula is C37H37NO2S4. The Kier molecular flexibility index (Phi) is 7.77. The van der Waals surface area contributed by atoms with E-state index in [2.05, 4.69) is 104 Å². The van der Waals surface area contributed by atoms with Gasteiger partial charge in [0.2, 0.25) is 0 Å². The molecule has 6 rings (SSSR count). The number of aryl methyl sites for hydroxylation is 2. The molecule has 1 aliphatic heterocycles. The molecule has 5 heterocycles. The van der Waals surface area contributed by atoms with Gasteiger partial charge >= 0.3 is 0 Å². The maximum absolute atomic E-state index is 13.5. The Hall–Kier alpha value is -3.10. The quantitative estimate of drug-likeness (QED) is 0.177. The summed E-state index contributed by atoms with van der Waals surface area (Å²) in [5.74, 6) is -0.465. The summed E-state index contributed by atoms with van der Waals surface area (Å²) in [7, 11) is 1.58. The van der Waals surface area contributed by atoms with Gasteiger partial charge in [0.05, 0.1) is 11.1 Å². The van der Waals surface area contributed by atoms with Gasteiger partial charge in [-0.05, 0) is 84.4 Å². The number of carbonyl (C=O) groups is 2. The number of hydrogen-bond donors (Lipinski definition) is 0. The second kappa shape index (κ2) is 11.1. The Morgan fingerprint density at radius 2 is 1.07 bits per heavy atom. The van der Waals surface area contributed by atoms with Crippen molar-refractivity contribution in [1.29, 1.82) is 0 Å². The fourth-order valence-corrected chi connectivity index (χ4v) is 9.78. The summed E-state index contributed by atoms with van der Waals surface area (Å²) in [6, 6.07) is 17.0. The van der Waals surface area contributed by atoms with Crippen LogP contribution in [0.3, 0.4) is 0 Å². The summed E-state index contributed by atoms with van der Waals surface area (Å²) in [4.78, 5) is 37.7. The highest BCUT2D eigenvalue weighted by atomic mass is 32.1. The first kappa shape index (κ1) is 30.9. The molecule has 0 N–H and O–H groups in total. The van der Waals surface area contributed by atoms with Crippen molar-refractivity contribution in [3.8, 4) is 30.6 Å². The van der Waals surface area contributed by atoms with Gasteiger partial charge in [0.25, 0.3) is 11.8 Å². The van der Waals surface area contributed by atoms with Crippen molar-refractivity contribution in [2.24, 2.45) is 0 Å². The average Bonchev–Trinajstić information content (AvgIpc) is 3.77. The molecule has 5 aromatic rings. The second-order valence-corrected chi connectivity index (χ2v) is 17.9. The molecule has 1 aromatic carbocycles. The third kappa shape index (κ3) is 5.49. The van der Waals surface area contributed by atoms with E-state index in [-0.39, 0.29) is 22.6 Å². The molecule has 0 aliphatic carbocycles. The molecule has 0 fully saturated rings. The SMILES string of the molecule is Cc1cc(-c2ccc(-c3ccc(-c4ccc(C(C)(C)C)s4)c4c3C(=O)N(C)C4=O)s2)sc1C=Cc1sc(C(C)(C)C)cc1C. The number of rotatable bonds is 5. The number of amides is 2. The van der Waals surface area contributed by atoms with Gasteiger partial charge in [0.15, 0.2) is 0 Å². The van der Waals surface area contributed by atoms with Crippen LogP contribution in [0.4, 0.5) is 0 Å². The monoisotopic (exact) mass is 655 g/mol. The molecule has 44 heavy (non-hydrogen) atoms. The van der Waals surface area contributed by atoms with Crippen LogP contribution in [-0.2, 0) is 10.8 Å². The van der Waals surface area contributed by atoms with Crippen LogP contribution < -0.4 is 0 Å². The Morgan fingerprint density at radius 1 is 0.568 bits per heavy atom. The van der Waals surface area contributed by atoms with E-state index in [9.17, 15) is 9.59 Å². The third-order valence-electron chi connectivity index (χ3n) is 8.00. The van der Waals surface area contributed by atoms with Gasteiger partial charge in [-0.3, -0.25) is 14.5 Å². The summed E-state index contributed by atoms with van der Waals surface area (Å²) in [5.41, 5.74) is 5.43. The minimum Gasteiger partial charge on any atom is -0.277 e. The maximum Gasteiger partial charge on any atom is 0.261 e. The number of thiophene rings is 4. The minimum absolute atomic E-state index is 0.0184. The van der Waals surface area contributed by atoms with Crippen LogP contribution in [0, 0.1) is 13.8 Å². The average molecular weight is 656 g/mol. The van der Waals surface area contributed by atoms with E-state index < -0.39 is 0 Å². The molecule has 0 saturated carbocycles. The third-order valence-corrected chi connectivity index (χ3v) is 13.7. The van der Waals surface area contributed by atoms with Crippen LogP contribution in [0.15, 0.2) is 48.5 Å². The van der Waals surface area contributed by atoms with E-state index >= 15 is 0 Å². The number of fused-ring (bicyclic) bond motifs is 1. The number of nitrogens with zero attached hydrogens (tertiary/aromatic N) is 1. The van der Waals surface area contributed by atoms with Crippen molar-refractivity contribution >= 4 is 69.3 Å². The van der Waals surface area contributed by atoms with Crippen LogP contribution in [0.2, 0.25) is 0 Å². The van der Waals surface area contributed by atoms with Crippen molar-refractivity contribution in [2.45, 2.75) is 66.2 Å². The second-order valence-electron chi connectivity index (χ2n) is 13.6. The van der Waals surface area contributed by atoms with Crippen molar-refractivity contribution in [3.63, 3.8) is 0 Å². The van der Waals surface area contributed by atoms with Crippen LogP contribution in [0.1, 0.15) is 92.9 Å². The lowest BCUT2D eigenvalue weighted by atomic mass is 9.94. The lowest BCUT2D eigenvalue weighted by Crippen LogP contribution is -2.24. The topological polar surface area (TPSA) is 37.4 Å². The molecule has 0 atom stereocenters. The van der Waals surface area contributed by atoms with Gasteiger partial charge in [-0.1, -0.05) is 53.7 Å². The maximum atomic E-state index is 13.5. The van der Waals surface area contributed by atoms with E-state index in [4.69, 9.17) is 0 Å². The van der Waals surface area contributed by atoms with E-state index in [1.54, 1.807) is 41.1 Å². The standard InChI is InChI=1S/C37H37NO2S4/c1-20-18-29(41-24(20)12-13-25-21(2)19-31(43-25)37(6,7)8)28-15-14-26(42-28)22-10-11-23(27-16-17-30(44-27)36(3,4)5)33-32(22)34(39)38(9)35(33)40/h10-19H,1-9H3. The zero-order valence-corrected chi connectivity index (χ0v) is 29.9. The Morgan fingerprint density at radius 3 is 1.61 bits per heavy atom. The minimum atomic E-state index is -0.234. The number of carbonyl (C=O) groups excluding carboxylic acids is 2. The van der Waals surface area contributed by atoms with Crippen LogP contribution in [-0.4, -0.2) is 23.8 Å². The number of hydrogen-bond acceptors (Lipinski definition) is 6. The fourth-order valence-electron chi connectivity index (χ4n) is 5.35. The molecule has 0 bridgehead atoms. The molecule has 4 aromatic heterocycles. The van der Waals surface area contributed by atoms with Gasteiger partial charge in [-0.15, -0.1) is 45.3 Å². The highest BCUT2D eigenvalue weighted by Crippen LogP contribution is 2.45. The van der Waals surface area contributed by atoms with Gasteiger partial charge in [0, 0.05) is 57.2 Å². The number of imide groups is 1. The molecule has 2 amide bonds. The zero-order chi connectivity index (χ0) is 31.7. The summed E-state index contributed by atoms with van der Waals surface area (Å²) in [6.07, 6.45) is 4.49. The normalized spacial score (nSPS) is 14.0. The first-order valence-corrected chi connectivity index (χ1v) is 18.0. The molecular weight excluding hydrogens is 619 g/mol. The molecule has 0 unspecified atom stereocenters. The van der Waals surface area contributed by atoms with Gasteiger partial charge in [-0.2, -0.15) is 0 Å². The lowest BCUT2D eigenvalue weighted by Gasteiger charge is -2.15. The lowest BCUT2D eigenvalue weighted by molar-refractivity contribution is 0.0693. The highest BCUT2D eigenvalue weighted by molar-refractivity contribution is 7.24. The molecule has 7 heteroatoms. The molecule has 226 valence electrons. The fraction of sp³-hybridized carbons (Fsp3) is 0.297. The molecule has 0 saturated heterocycles. The Bertz CT molecular complexity index is 1960. The summed E-state index contributed by atoms with van der Waals surface area (Å²) < 4.78 is 0. The van der Waals surface area contributed by atoms with E-state index in [1.165, 1.54) is 40.4 Å². The van der Waals surface area contributed by atoms with Crippen molar-refractivity contribution in [3.05, 3.63) is 90.3 Å². The van der Waals surface area contributed by atoms with E-state index in [1.807, 2.05) is 23.5 Å². The van der Waals surface area contributed by atoms with E-state index in [0.29, 0.717) is 11.1 Å². The van der Waals surface area contributed by atoms with Gasteiger partial charge in [-0.25, -0.2) is 0 Å². The Labute approximate surface area is 276 Å². The van der Waals surface area contributed by atoms with Crippen molar-refractivity contribution in [2.75, 3.05) is 7.05 Å². The smallest absolute Gasteiger partial charge is 0.261 e. The molecule has 0 radical (unpaired) electrons. The first-order valence-electron chi connectivity index (χ1n) is 14.7. The number of benzene rings is 1. The summed E-state index contributed by atoms with van der Waals surface area (Å²) in [5, 5.41) is 0. The zero-order valence-electron chi connectivity index (χ0n) is 26.7.